The van der Waals surface area contributed by atoms with E-state index in [1.165, 1.54) is 6.33 Å². The van der Waals surface area contributed by atoms with Crippen molar-refractivity contribution in [3.8, 4) is 17.4 Å². The highest BCUT2D eigenvalue weighted by atomic mass is 79.9. The van der Waals surface area contributed by atoms with Crippen LogP contribution in [-0.4, -0.2) is 16.6 Å². The molecule has 0 aliphatic rings. The van der Waals surface area contributed by atoms with Gasteiger partial charge in [-0.1, -0.05) is 6.07 Å². The van der Waals surface area contributed by atoms with Crippen LogP contribution < -0.4 is 15.2 Å². The minimum atomic E-state index is 0.334. The van der Waals surface area contributed by atoms with Crippen molar-refractivity contribution in [2.75, 3.05) is 12.3 Å². The molecule has 0 spiro atoms. The maximum absolute atomic E-state index is 5.65. The fraction of sp³-hybridized carbons (Fsp3) is 0.167. The second-order valence-corrected chi connectivity index (χ2v) is 4.18. The summed E-state index contributed by atoms with van der Waals surface area (Å²) in [5, 5.41) is 0. The molecule has 0 aliphatic carbocycles. The van der Waals surface area contributed by atoms with Gasteiger partial charge in [-0.05, 0) is 35.0 Å². The molecule has 0 radical (unpaired) electrons. The topological polar surface area (TPSA) is 70.3 Å². The number of rotatable bonds is 4. The highest BCUT2D eigenvalue weighted by molar-refractivity contribution is 9.10. The van der Waals surface area contributed by atoms with E-state index in [2.05, 4.69) is 25.9 Å². The van der Waals surface area contributed by atoms with Gasteiger partial charge in [0.05, 0.1) is 6.61 Å². The molecule has 0 unspecified atom stereocenters. The van der Waals surface area contributed by atoms with Gasteiger partial charge in [-0.25, -0.2) is 9.97 Å². The van der Waals surface area contributed by atoms with Crippen LogP contribution in [0.25, 0.3) is 0 Å². The Balaban J connectivity index is 2.23. The van der Waals surface area contributed by atoms with Crippen LogP contribution in [0.1, 0.15) is 6.92 Å². The zero-order valence-electron chi connectivity index (χ0n) is 9.76. The molecule has 0 fully saturated rings. The molecular formula is C12H12BrN3O2. The number of benzene rings is 1. The third-order valence-electron chi connectivity index (χ3n) is 2.12. The largest absolute Gasteiger partial charge is 0.494 e. The van der Waals surface area contributed by atoms with Gasteiger partial charge >= 0.3 is 0 Å². The number of nitrogens with two attached hydrogens (primary N) is 1. The lowest BCUT2D eigenvalue weighted by Crippen LogP contribution is -1.97. The molecule has 1 aromatic heterocycles. The summed E-state index contributed by atoms with van der Waals surface area (Å²) in [5.74, 6) is 2.07. The lowest BCUT2D eigenvalue weighted by molar-refractivity contribution is 0.338. The van der Waals surface area contributed by atoms with E-state index in [0.717, 1.165) is 5.75 Å². The first-order chi connectivity index (χ1) is 8.70. The number of aromatic nitrogens is 2. The van der Waals surface area contributed by atoms with Gasteiger partial charge in [0.15, 0.2) is 0 Å². The van der Waals surface area contributed by atoms with Crippen molar-refractivity contribution in [2.24, 2.45) is 0 Å². The summed E-state index contributed by atoms with van der Waals surface area (Å²) in [7, 11) is 0. The van der Waals surface area contributed by atoms with Crippen LogP contribution in [0.5, 0.6) is 17.4 Å². The summed E-state index contributed by atoms with van der Waals surface area (Å²) in [6, 6.07) is 7.31. The fourth-order valence-electron chi connectivity index (χ4n) is 1.34. The Kier molecular flexibility index (Phi) is 3.99. The number of hydrogen-bond acceptors (Lipinski definition) is 5. The van der Waals surface area contributed by atoms with E-state index in [4.69, 9.17) is 15.2 Å². The summed E-state index contributed by atoms with van der Waals surface area (Å²) < 4.78 is 11.5. The van der Waals surface area contributed by atoms with Crippen molar-refractivity contribution in [1.82, 2.24) is 9.97 Å². The second kappa shape index (κ2) is 5.68. The zero-order valence-corrected chi connectivity index (χ0v) is 11.3. The van der Waals surface area contributed by atoms with Crippen LogP contribution in [0.2, 0.25) is 0 Å². The van der Waals surface area contributed by atoms with Crippen molar-refractivity contribution in [2.45, 2.75) is 6.92 Å². The Labute approximate surface area is 113 Å². The Hall–Kier alpha value is -1.82. The molecular weight excluding hydrogens is 298 g/mol. The molecule has 2 N–H and O–H groups in total. The number of nitrogens with zero attached hydrogens (tertiary/aromatic N) is 2. The van der Waals surface area contributed by atoms with Crippen LogP contribution in [-0.2, 0) is 0 Å². The highest BCUT2D eigenvalue weighted by Gasteiger charge is 2.08. The van der Waals surface area contributed by atoms with E-state index >= 15 is 0 Å². The van der Waals surface area contributed by atoms with Crippen LogP contribution in [0.3, 0.4) is 0 Å². The second-order valence-electron chi connectivity index (χ2n) is 3.39. The minimum Gasteiger partial charge on any atom is -0.494 e. The Morgan fingerprint density at radius 2 is 2.06 bits per heavy atom. The number of ether oxygens (including phenoxy) is 2. The predicted octanol–water partition coefficient (Wildman–Crippen LogP) is 3.01. The lowest BCUT2D eigenvalue weighted by atomic mass is 10.3. The molecule has 6 heteroatoms. The monoisotopic (exact) mass is 309 g/mol. The van der Waals surface area contributed by atoms with E-state index in [0.29, 0.717) is 28.5 Å². The lowest BCUT2D eigenvalue weighted by Gasteiger charge is -2.09. The average molecular weight is 310 g/mol. The molecule has 0 saturated carbocycles. The van der Waals surface area contributed by atoms with Gasteiger partial charge < -0.3 is 15.2 Å². The number of anilines is 1. The standard InChI is InChI=1S/C12H12BrN3O2/c1-2-17-8-4-3-5-9(6-8)18-12-10(13)11(14)15-7-16-12/h3-7H,2H2,1H3,(H2,14,15,16). The molecule has 5 nitrogen and oxygen atoms in total. The maximum Gasteiger partial charge on any atom is 0.238 e. The quantitative estimate of drug-likeness (QED) is 0.940. The third kappa shape index (κ3) is 2.89. The van der Waals surface area contributed by atoms with E-state index in [1.807, 2.05) is 25.1 Å². The molecule has 94 valence electrons. The first kappa shape index (κ1) is 12.6. The van der Waals surface area contributed by atoms with Crippen molar-refractivity contribution in [1.29, 1.82) is 0 Å². The Morgan fingerprint density at radius 3 is 2.83 bits per heavy atom. The van der Waals surface area contributed by atoms with Crippen molar-refractivity contribution in [3.63, 3.8) is 0 Å². The van der Waals surface area contributed by atoms with E-state index in [-0.39, 0.29) is 0 Å². The molecule has 0 amide bonds. The zero-order chi connectivity index (χ0) is 13.0. The summed E-state index contributed by atoms with van der Waals surface area (Å²) in [6.07, 6.45) is 1.35. The highest BCUT2D eigenvalue weighted by Crippen LogP contribution is 2.31. The average Bonchev–Trinajstić information content (AvgIpc) is 2.36. The summed E-state index contributed by atoms with van der Waals surface area (Å²) in [6.45, 7) is 2.53. The molecule has 0 aliphatic heterocycles. The normalized spacial score (nSPS) is 10.1. The smallest absolute Gasteiger partial charge is 0.238 e. The van der Waals surface area contributed by atoms with Gasteiger partial charge in [0.1, 0.15) is 28.1 Å². The third-order valence-corrected chi connectivity index (χ3v) is 2.86. The van der Waals surface area contributed by atoms with E-state index in [9.17, 15) is 0 Å². The van der Waals surface area contributed by atoms with Crippen molar-refractivity contribution < 1.29 is 9.47 Å². The number of hydrogen-bond donors (Lipinski definition) is 1. The molecule has 18 heavy (non-hydrogen) atoms. The van der Waals surface area contributed by atoms with E-state index in [1.54, 1.807) is 6.07 Å². The fourth-order valence-corrected chi connectivity index (χ4v) is 1.63. The van der Waals surface area contributed by atoms with Crippen molar-refractivity contribution >= 4 is 21.7 Å². The molecule has 0 saturated heterocycles. The van der Waals surface area contributed by atoms with Crippen molar-refractivity contribution in [3.05, 3.63) is 35.1 Å². The van der Waals surface area contributed by atoms with Gasteiger partial charge in [0.2, 0.25) is 5.88 Å². The number of halogens is 1. The van der Waals surface area contributed by atoms with Gasteiger partial charge in [-0.15, -0.1) is 0 Å². The summed E-state index contributed by atoms with van der Waals surface area (Å²) in [5.41, 5.74) is 5.65. The van der Waals surface area contributed by atoms with Gasteiger partial charge in [0.25, 0.3) is 0 Å². The number of nitrogen functional groups attached to an aromatic ring is 1. The summed E-state index contributed by atoms with van der Waals surface area (Å²) >= 11 is 3.28. The summed E-state index contributed by atoms with van der Waals surface area (Å²) in [4.78, 5) is 7.85. The molecule has 1 heterocycles. The Bertz CT molecular complexity index is 549. The van der Waals surface area contributed by atoms with Crippen LogP contribution in [0.15, 0.2) is 35.1 Å². The first-order valence-corrected chi connectivity index (χ1v) is 6.16. The van der Waals surface area contributed by atoms with E-state index < -0.39 is 0 Å². The van der Waals surface area contributed by atoms with Crippen LogP contribution in [0, 0.1) is 0 Å². The van der Waals surface area contributed by atoms with Crippen LogP contribution in [0.4, 0.5) is 5.82 Å². The molecule has 2 aromatic rings. The van der Waals surface area contributed by atoms with Gasteiger partial charge in [0, 0.05) is 6.07 Å². The predicted molar refractivity (Wildman–Crippen MR) is 71.8 cm³/mol. The first-order valence-electron chi connectivity index (χ1n) is 5.37. The molecule has 0 bridgehead atoms. The molecule has 1 aromatic carbocycles. The minimum absolute atomic E-state index is 0.334. The molecule has 0 atom stereocenters. The SMILES string of the molecule is CCOc1cccc(Oc2ncnc(N)c2Br)c1. The van der Waals surface area contributed by atoms with Crippen LogP contribution >= 0.6 is 15.9 Å². The van der Waals surface area contributed by atoms with Gasteiger partial charge in [-0.3, -0.25) is 0 Å². The Morgan fingerprint density at radius 1 is 1.28 bits per heavy atom. The van der Waals surface area contributed by atoms with Gasteiger partial charge in [-0.2, -0.15) is 0 Å². The molecule has 2 rings (SSSR count). The maximum atomic E-state index is 5.65.